The molecule has 1 aliphatic rings. The maximum Gasteiger partial charge on any atom is 0.254 e. The molecule has 0 saturated carbocycles. The molecule has 0 unspecified atom stereocenters. The SMILES string of the molecule is O=C(c1ccc(N=Nc2c(O)[nH]c3ccc(I)cc23)cc1)N1CCc2ccccc2C1. The number of H-pyrrole nitrogens is 1. The summed E-state index contributed by atoms with van der Waals surface area (Å²) in [5.74, 6) is -0.000215. The van der Waals surface area contributed by atoms with Crippen LogP contribution >= 0.6 is 22.6 Å². The van der Waals surface area contributed by atoms with Crippen LogP contribution in [0.3, 0.4) is 0 Å². The standard InChI is InChI=1S/C24H19IN4O2/c25-18-7-10-21-20(13-18)22(23(30)26-21)28-27-19-8-5-16(6-9-19)24(31)29-12-11-15-3-1-2-4-17(15)14-29/h1-10,13,26,30H,11-12,14H2. The molecule has 0 fully saturated rings. The van der Waals surface area contributed by atoms with E-state index in [9.17, 15) is 9.90 Å². The fourth-order valence-corrected chi connectivity index (χ4v) is 4.36. The van der Waals surface area contributed by atoms with Gasteiger partial charge in [-0.3, -0.25) is 4.79 Å². The van der Waals surface area contributed by atoms with E-state index in [2.05, 4.69) is 49.9 Å². The van der Waals surface area contributed by atoms with Crippen molar-refractivity contribution in [3.05, 3.63) is 87.0 Å². The van der Waals surface area contributed by atoms with Crippen molar-refractivity contribution in [1.82, 2.24) is 9.88 Å². The Balaban J connectivity index is 1.33. The Kier molecular flexibility index (Phi) is 5.19. The fraction of sp³-hybridized carbons (Fsp3) is 0.125. The molecule has 1 aliphatic heterocycles. The molecule has 0 atom stereocenters. The molecule has 1 amide bonds. The Morgan fingerprint density at radius 3 is 2.58 bits per heavy atom. The van der Waals surface area contributed by atoms with E-state index in [1.165, 1.54) is 11.1 Å². The maximum absolute atomic E-state index is 12.9. The summed E-state index contributed by atoms with van der Waals surface area (Å²) in [6.45, 7) is 1.35. The number of nitrogens with one attached hydrogen (secondary N) is 1. The molecule has 0 bridgehead atoms. The van der Waals surface area contributed by atoms with Crippen molar-refractivity contribution >= 4 is 50.8 Å². The van der Waals surface area contributed by atoms with E-state index >= 15 is 0 Å². The second-order valence-corrected chi connectivity index (χ2v) is 8.75. The van der Waals surface area contributed by atoms with Gasteiger partial charge in [-0.1, -0.05) is 24.3 Å². The smallest absolute Gasteiger partial charge is 0.254 e. The zero-order valence-corrected chi connectivity index (χ0v) is 18.7. The topological polar surface area (TPSA) is 81.0 Å². The van der Waals surface area contributed by atoms with Crippen LogP contribution in [0.25, 0.3) is 10.9 Å². The Bertz CT molecular complexity index is 1310. The van der Waals surface area contributed by atoms with Gasteiger partial charge in [-0.25, -0.2) is 0 Å². The summed E-state index contributed by atoms with van der Waals surface area (Å²) in [7, 11) is 0. The van der Waals surface area contributed by atoms with Crippen LogP contribution in [0, 0.1) is 3.57 Å². The Morgan fingerprint density at radius 1 is 1.00 bits per heavy atom. The molecule has 0 aliphatic carbocycles. The second kappa shape index (κ2) is 8.14. The van der Waals surface area contributed by atoms with E-state index in [4.69, 9.17) is 0 Å². The first-order chi connectivity index (χ1) is 15.1. The third kappa shape index (κ3) is 3.93. The number of aromatic hydroxyl groups is 1. The molecule has 0 saturated heterocycles. The predicted octanol–water partition coefficient (Wildman–Crippen LogP) is 6.09. The van der Waals surface area contributed by atoms with Gasteiger partial charge in [0, 0.05) is 27.6 Å². The normalized spacial score (nSPS) is 13.6. The van der Waals surface area contributed by atoms with Gasteiger partial charge in [-0.05, 0) is 82.6 Å². The molecule has 31 heavy (non-hydrogen) atoms. The molecule has 1 aromatic heterocycles. The largest absolute Gasteiger partial charge is 0.493 e. The first-order valence-corrected chi connectivity index (χ1v) is 11.0. The van der Waals surface area contributed by atoms with Gasteiger partial charge in [0.15, 0.2) is 5.69 Å². The minimum atomic E-state index is -0.0158. The number of carbonyl (C=O) groups is 1. The number of fused-ring (bicyclic) bond motifs is 2. The first-order valence-electron chi connectivity index (χ1n) is 9.96. The van der Waals surface area contributed by atoms with Crippen molar-refractivity contribution in [3.63, 3.8) is 0 Å². The van der Waals surface area contributed by atoms with Crippen LogP contribution in [0.5, 0.6) is 5.88 Å². The van der Waals surface area contributed by atoms with Crippen LogP contribution < -0.4 is 0 Å². The molecule has 0 spiro atoms. The molecule has 2 N–H and O–H groups in total. The number of aromatic nitrogens is 1. The van der Waals surface area contributed by atoms with Crippen molar-refractivity contribution in [2.24, 2.45) is 10.2 Å². The Labute approximate surface area is 192 Å². The third-order valence-corrected chi connectivity index (χ3v) is 6.18. The average Bonchev–Trinajstić information content (AvgIpc) is 3.11. The molecule has 6 nitrogen and oxygen atoms in total. The van der Waals surface area contributed by atoms with Crippen molar-refractivity contribution in [2.75, 3.05) is 6.54 Å². The summed E-state index contributed by atoms with van der Waals surface area (Å²) >= 11 is 2.22. The van der Waals surface area contributed by atoms with Gasteiger partial charge < -0.3 is 15.0 Å². The quantitative estimate of drug-likeness (QED) is 0.252. The summed E-state index contributed by atoms with van der Waals surface area (Å²) in [4.78, 5) is 17.7. The van der Waals surface area contributed by atoms with Gasteiger partial charge in [0.1, 0.15) is 0 Å². The molecule has 154 valence electrons. The molecule has 5 rings (SSSR count). The molecule has 3 aromatic carbocycles. The van der Waals surface area contributed by atoms with Crippen LogP contribution in [-0.2, 0) is 13.0 Å². The van der Waals surface area contributed by atoms with E-state index in [1.807, 2.05) is 35.2 Å². The monoisotopic (exact) mass is 522 g/mol. The minimum Gasteiger partial charge on any atom is -0.493 e. The van der Waals surface area contributed by atoms with Gasteiger partial charge in [0.25, 0.3) is 5.91 Å². The van der Waals surface area contributed by atoms with E-state index in [0.717, 1.165) is 27.4 Å². The highest BCUT2D eigenvalue weighted by Crippen LogP contribution is 2.37. The number of amides is 1. The number of carbonyl (C=O) groups excluding carboxylic acids is 1. The van der Waals surface area contributed by atoms with Crippen molar-refractivity contribution in [1.29, 1.82) is 0 Å². The van der Waals surface area contributed by atoms with E-state index < -0.39 is 0 Å². The van der Waals surface area contributed by atoms with Crippen LogP contribution in [0.4, 0.5) is 11.4 Å². The lowest BCUT2D eigenvalue weighted by Gasteiger charge is -2.29. The third-order valence-electron chi connectivity index (χ3n) is 5.51. The lowest BCUT2D eigenvalue weighted by molar-refractivity contribution is 0.0734. The maximum atomic E-state index is 12.9. The summed E-state index contributed by atoms with van der Waals surface area (Å²) < 4.78 is 1.05. The number of benzene rings is 3. The van der Waals surface area contributed by atoms with Gasteiger partial charge >= 0.3 is 0 Å². The lowest BCUT2D eigenvalue weighted by atomic mass is 9.99. The van der Waals surface area contributed by atoms with Gasteiger partial charge in [0.05, 0.1) is 11.2 Å². The van der Waals surface area contributed by atoms with Crippen LogP contribution in [0.2, 0.25) is 0 Å². The number of hydrogen-bond donors (Lipinski definition) is 2. The summed E-state index contributed by atoms with van der Waals surface area (Å²) in [6, 6.07) is 21.1. The van der Waals surface area contributed by atoms with Gasteiger partial charge in [0.2, 0.25) is 5.88 Å². The summed E-state index contributed by atoms with van der Waals surface area (Å²) in [6.07, 6.45) is 0.876. The van der Waals surface area contributed by atoms with E-state index in [-0.39, 0.29) is 11.8 Å². The van der Waals surface area contributed by atoms with Crippen LogP contribution in [-0.4, -0.2) is 27.4 Å². The highest BCUT2D eigenvalue weighted by molar-refractivity contribution is 14.1. The number of halogens is 1. The molecular formula is C24H19IN4O2. The van der Waals surface area contributed by atoms with Gasteiger partial charge in [-0.2, -0.15) is 5.11 Å². The number of rotatable bonds is 3. The van der Waals surface area contributed by atoms with Crippen molar-refractivity contribution < 1.29 is 9.90 Å². The van der Waals surface area contributed by atoms with Crippen molar-refractivity contribution in [3.8, 4) is 5.88 Å². The number of hydrogen-bond acceptors (Lipinski definition) is 4. The number of aromatic amines is 1. The predicted molar refractivity (Wildman–Crippen MR) is 128 cm³/mol. The summed E-state index contributed by atoms with van der Waals surface area (Å²) in [5.41, 5.74) is 4.97. The number of azo groups is 1. The molecule has 7 heteroatoms. The van der Waals surface area contributed by atoms with Crippen LogP contribution in [0.15, 0.2) is 77.0 Å². The molecule has 2 heterocycles. The Hall–Kier alpha value is -3.20. The zero-order chi connectivity index (χ0) is 21.4. The zero-order valence-electron chi connectivity index (χ0n) is 16.5. The van der Waals surface area contributed by atoms with E-state index in [1.54, 1.807) is 24.3 Å². The summed E-state index contributed by atoms with van der Waals surface area (Å²) in [5, 5.41) is 19.5. The molecule has 4 aromatic rings. The van der Waals surface area contributed by atoms with Crippen LogP contribution in [0.1, 0.15) is 21.5 Å². The average molecular weight is 522 g/mol. The fourth-order valence-electron chi connectivity index (χ4n) is 3.87. The highest BCUT2D eigenvalue weighted by atomic mass is 127. The molecule has 0 radical (unpaired) electrons. The molecular weight excluding hydrogens is 503 g/mol. The first kappa shape index (κ1) is 19.7. The highest BCUT2D eigenvalue weighted by Gasteiger charge is 2.21. The minimum absolute atomic E-state index is 0.0156. The second-order valence-electron chi connectivity index (χ2n) is 7.50. The van der Waals surface area contributed by atoms with Gasteiger partial charge in [-0.15, -0.1) is 5.11 Å². The Morgan fingerprint density at radius 2 is 1.77 bits per heavy atom. The number of nitrogens with zero attached hydrogens (tertiary/aromatic N) is 3. The van der Waals surface area contributed by atoms with E-state index in [0.29, 0.717) is 23.5 Å². The van der Waals surface area contributed by atoms with Crippen molar-refractivity contribution in [2.45, 2.75) is 13.0 Å². The lowest BCUT2D eigenvalue weighted by Crippen LogP contribution is -2.35.